The SMILES string of the molecule is Cc1c(COc2ccccc2F)oc2cccc(O)c12. The molecule has 20 heavy (non-hydrogen) atoms. The van der Waals surface area contributed by atoms with E-state index >= 15 is 0 Å². The van der Waals surface area contributed by atoms with E-state index in [1.807, 2.05) is 6.92 Å². The second kappa shape index (κ2) is 4.89. The minimum Gasteiger partial charge on any atom is -0.507 e. The van der Waals surface area contributed by atoms with Crippen LogP contribution in [0.5, 0.6) is 11.5 Å². The second-order valence-corrected chi connectivity index (χ2v) is 4.52. The van der Waals surface area contributed by atoms with E-state index in [0.29, 0.717) is 16.7 Å². The number of aryl methyl sites for hydroxylation is 1. The lowest BCUT2D eigenvalue weighted by Crippen LogP contribution is -1.97. The van der Waals surface area contributed by atoms with Crippen LogP contribution in [0.2, 0.25) is 0 Å². The van der Waals surface area contributed by atoms with Crippen molar-refractivity contribution in [1.29, 1.82) is 0 Å². The molecule has 1 heterocycles. The van der Waals surface area contributed by atoms with Gasteiger partial charge in [-0.05, 0) is 31.2 Å². The lowest BCUT2D eigenvalue weighted by molar-refractivity contribution is 0.261. The summed E-state index contributed by atoms with van der Waals surface area (Å²) in [4.78, 5) is 0. The Morgan fingerprint density at radius 2 is 1.95 bits per heavy atom. The predicted molar refractivity (Wildman–Crippen MR) is 73.3 cm³/mol. The molecule has 0 aliphatic carbocycles. The predicted octanol–water partition coefficient (Wildman–Crippen LogP) is 4.16. The molecule has 0 saturated carbocycles. The highest BCUT2D eigenvalue weighted by molar-refractivity contribution is 5.87. The van der Waals surface area contributed by atoms with Gasteiger partial charge in [0.1, 0.15) is 23.7 Å². The molecule has 0 fully saturated rings. The number of furan rings is 1. The third-order valence-corrected chi connectivity index (χ3v) is 3.23. The number of ether oxygens (including phenoxy) is 1. The molecule has 1 N–H and O–H groups in total. The highest BCUT2D eigenvalue weighted by atomic mass is 19.1. The Morgan fingerprint density at radius 3 is 2.70 bits per heavy atom. The number of hydrogen-bond donors (Lipinski definition) is 1. The molecular formula is C16H13FO3. The summed E-state index contributed by atoms with van der Waals surface area (Å²) in [6, 6.07) is 11.3. The Hall–Kier alpha value is -2.49. The largest absolute Gasteiger partial charge is 0.507 e. The molecule has 2 aromatic carbocycles. The summed E-state index contributed by atoms with van der Waals surface area (Å²) in [7, 11) is 0. The molecule has 0 radical (unpaired) electrons. The van der Waals surface area contributed by atoms with Gasteiger partial charge in [-0.2, -0.15) is 0 Å². The number of hydrogen-bond acceptors (Lipinski definition) is 3. The number of phenolic OH excluding ortho intramolecular Hbond substituents is 1. The topological polar surface area (TPSA) is 42.6 Å². The van der Waals surface area contributed by atoms with Gasteiger partial charge in [-0.3, -0.25) is 0 Å². The number of rotatable bonds is 3. The summed E-state index contributed by atoms with van der Waals surface area (Å²) in [5.74, 6) is 0.506. The molecule has 4 heteroatoms. The van der Waals surface area contributed by atoms with Gasteiger partial charge in [0.2, 0.25) is 0 Å². The lowest BCUT2D eigenvalue weighted by Gasteiger charge is -2.05. The van der Waals surface area contributed by atoms with Crippen LogP contribution in [0.25, 0.3) is 11.0 Å². The minimum absolute atomic E-state index is 0.112. The Morgan fingerprint density at radius 1 is 1.15 bits per heavy atom. The van der Waals surface area contributed by atoms with Crippen LogP contribution in [0.4, 0.5) is 4.39 Å². The standard InChI is InChI=1S/C16H13FO3/c1-10-15(9-19-13-7-3-2-5-11(13)17)20-14-8-4-6-12(18)16(10)14/h2-8,18H,9H2,1H3. The Labute approximate surface area is 115 Å². The van der Waals surface area contributed by atoms with E-state index in [2.05, 4.69) is 0 Å². The maximum atomic E-state index is 13.5. The van der Waals surface area contributed by atoms with E-state index in [0.717, 1.165) is 5.56 Å². The number of fused-ring (bicyclic) bond motifs is 1. The third kappa shape index (κ3) is 2.09. The molecule has 0 bridgehead atoms. The molecule has 1 aromatic heterocycles. The Bertz CT molecular complexity index is 762. The van der Waals surface area contributed by atoms with E-state index in [1.54, 1.807) is 36.4 Å². The average molecular weight is 272 g/mol. The van der Waals surface area contributed by atoms with Crippen LogP contribution in [0.15, 0.2) is 46.9 Å². The number of para-hydroxylation sites is 1. The molecule has 0 aliphatic rings. The summed E-state index contributed by atoms with van der Waals surface area (Å²) in [6.45, 7) is 1.95. The lowest BCUT2D eigenvalue weighted by atomic mass is 10.1. The zero-order valence-electron chi connectivity index (χ0n) is 10.9. The van der Waals surface area contributed by atoms with Gasteiger partial charge in [-0.1, -0.05) is 18.2 Å². The zero-order chi connectivity index (χ0) is 14.1. The summed E-state index contributed by atoms with van der Waals surface area (Å²) in [5.41, 5.74) is 1.39. The normalized spacial score (nSPS) is 10.9. The van der Waals surface area contributed by atoms with Crippen molar-refractivity contribution in [2.24, 2.45) is 0 Å². The van der Waals surface area contributed by atoms with Crippen LogP contribution in [0.1, 0.15) is 11.3 Å². The quantitative estimate of drug-likeness (QED) is 0.778. The fourth-order valence-electron chi connectivity index (χ4n) is 2.17. The number of benzene rings is 2. The van der Waals surface area contributed by atoms with Crippen molar-refractivity contribution in [3.63, 3.8) is 0 Å². The van der Waals surface area contributed by atoms with Crippen molar-refractivity contribution < 1.29 is 18.7 Å². The number of halogens is 1. The molecule has 102 valence electrons. The molecule has 3 nitrogen and oxygen atoms in total. The van der Waals surface area contributed by atoms with E-state index in [-0.39, 0.29) is 18.1 Å². The van der Waals surface area contributed by atoms with Crippen LogP contribution in [-0.4, -0.2) is 5.11 Å². The summed E-state index contributed by atoms with van der Waals surface area (Å²) >= 11 is 0. The highest BCUT2D eigenvalue weighted by Crippen LogP contribution is 2.32. The third-order valence-electron chi connectivity index (χ3n) is 3.23. The van der Waals surface area contributed by atoms with Gasteiger partial charge in [0.05, 0.1) is 5.39 Å². The van der Waals surface area contributed by atoms with Gasteiger partial charge in [0.15, 0.2) is 11.6 Å². The molecule has 0 unspecified atom stereocenters. The van der Waals surface area contributed by atoms with Gasteiger partial charge < -0.3 is 14.3 Å². The molecule has 0 atom stereocenters. The Kier molecular flexibility index (Phi) is 3.06. The fourth-order valence-corrected chi connectivity index (χ4v) is 2.17. The first-order chi connectivity index (χ1) is 9.66. The molecule has 0 spiro atoms. The van der Waals surface area contributed by atoms with Crippen LogP contribution >= 0.6 is 0 Å². The summed E-state index contributed by atoms with van der Waals surface area (Å²) in [5, 5.41) is 10.5. The molecular weight excluding hydrogens is 259 g/mol. The smallest absolute Gasteiger partial charge is 0.165 e. The van der Waals surface area contributed by atoms with Gasteiger partial charge in [0.25, 0.3) is 0 Å². The van der Waals surface area contributed by atoms with Crippen molar-refractivity contribution in [3.05, 3.63) is 59.6 Å². The van der Waals surface area contributed by atoms with Crippen molar-refractivity contribution >= 4 is 11.0 Å². The maximum absolute atomic E-state index is 13.5. The maximum Gasteiger partial charge on any atom is 0.165 e. The van der Waals surface area contributed by atoms with Crippen LogP contribution < -0.4 is 4.74 Å². The molecule has 0 saturated heterocycles. The van der Waals surface area contributed by atoms with Crippen molar-refractivity contribution in [1.82, 2.24) is 0 Å². The minimum atomic E-state index is -0.413. The van der Waals surface area contributed by atoms with Crippen molar-refractivity contribution in [2.45, 2.75) is 13.5 Å². The van der Waals surface area contributed by atoms with Crippen LogP contribution in [0.3, 0.4) is 0 Å². The highest BCUT2D eigenvalue weighted by Gasteiger charge is 2.14. The Balaban J connectivity index is 1.90. The fraction of sp³-hybridized carbons (Fsp3) is 0.125. The van der Waals surface area contributed by atoms with Crippen molar-refractivity contribution in [2.75, 3.05) is 0 Å². The van der Waals surface area contributed by atoms with Crippen LogP contribution in [-0.2, 0) is 6.61 Å². The van der Waals surface area contributed by atoms with Gasteiger partial charge in [-0.15, -0.1) is 0 Å². The molecule has 3 aromatic rings. The summed E-state index contributed by atoms with van der Waals surface area (Å²) < 4.78 is 24.5. The van der Waals surface area contributed by atoms with E-state index in [9.17, 15) is 9.50 Å². The van der Waals surface area contributed by atoms with E-state index in [1.165, 1.54) is 6.07 Å². The first-order valence-corrected chi connectivity index (χ1v) is 6.24. The van der Waals surface area contributed by atoms with Gasteiger partial charge >= 0.3 is 0 Å². The molecule has 0 aliphatic heterocycles. The average Bonchev–Trinajstić information content (AvgIpc) is 2.76. The number of phenols is 1. The van der Waals surface area contributed by atoms with E-state index in [4.69, 9.17) is 9.15 Å². The first kappa shape index (κ1) is 12.5. The molecule has 0 amide bonds. The van der Waals surface area contributed by atoms with Gasteiger partial charge in [0, 0.05) is 5.56 Å². The monoisotopic (exact) mass is 272 g/mol. The summed E-state index contributed by atoms with van der Waals surface area (Å²) in [6.07, 6.45) is 0. The van der Waals surface area contributed by atoms with Crippen molar-refractivity contribution in [3.8, 4) is 11.5 Å². The first-order valence-electron chi connectivity index (χ1n) is 6.24. The zero-order valence-corrected chi connectivity index (χ0v) is 10.9. The van der Waals surface area contributed by atoms with Gasteiger partial charge in [-0.25, -0.2) is 4.39 Å². The van der Waals surface area contributed by atoms with E-state index < -0.39 is 5.82 Å². The van der Waals surface area contributed by atoms with Crippen LogP contribution in [0, 0.1) is 12.7 Å². The second-order valence-electron chi connectivity index (χ2n) is 4.52. The number of aromatic hydroxyl groups is 1. The molecule has 3 rings (SSSR count).